The van der Waals surface area contributed by atoms with Crippen molar-refractivity contribution in [2.75, 3.05) is 5.32 Å². The van der Waals surface area contributed by atoms with Gasteiger partial charge in [-0.15, -0.1) is 0 Å². The average Bonchev–Trinajstić information content (AvgIpc) is 3.17. The molecule has 27 heavy (non-hydrogen) atoms. The summed E-state index contributed by atoms with van der Waals surface area (Å²) in [5.41, 5.74) is 1.24. The van der Waals surface area contributed by atoms with Crippen molar-refractivity contribution in [3.05, 3.63) is 77.6 Å². The molecular formula is C18H13ClF2N2O3S. The van der Waals surface area contributed by atoms with Crippen LogP contribution in [0, 0.1) is 0 Å². The predicted octanol–water partition coefficient (Wildman–Crippen LogP) is 4.38. The van der Waals surface area contributed by atoms with Crippen molar-refractivity contribution in [2.45, 2.75) is 10.7 Å². The number of hydrogen-bond acceptors (Lipinski definition) is 3. The summed E-state index contributed by atoms with van der Waals surface area (Å²) in [6, 6.07) is 12.9. The van der Waals surface area contributed by atoms with E-state index in [1.807, 2.05) is 12.1 Å². The highest BCUT2D eigenvalue weighted by Gasteiger charge is 2.26. The molecule has 140 valence electrons. The number of carbonyl (C=O) groups excluding carboxylic acids is 1. The molecule has 0 bridgehead atoms. The Morgan fingerprint density at radius 1 is 1.04 bits per heavy atom. The van der Waals surface area contributed by atoms with E-state index in [4.69, 9.17) is 11.6 Å². The molecule has 0 spiro atoms. The molecule has 2 aromatic carbocycles. The van der Waals surface area contributed by atoms with Gasteiger partial charge in [-0.2, -0.15) is 8.78 Å². The third-order valence-electron chi connectivity index (χ3n) is 3.77. The SMILES string of the molecule is O=C(Nc1ccc(Cl)cc1-n1cccc1)c1ccc(S(=O)(=O)C(F)F)cc1. The monoisotopic (exact) mass is 410 g/mol. The molecule has 1 N–H and O–H groups in total. The van der Waals surface area contributed by atoms with E-state index in [1.54, 1.807) is 35.2 Å². The van der Waals surface area contributed by atoms with Crippen LogP contribution in [0.5, 0.6) is 0 Å². The first kappa shape index (κ1) is 19.1. The molecule has 0 unspecified atom stereocenters. The number of rotatable bonds is 5. The summed E-state index contributed by atoms with van der Waals surface area (Å²) in [5.74, 6) is -4.04. The number of sulfone groups is 1. The van der Waals surface area contributed by atoms with Gasteiger partial charge < -0.3 is 9.88 Å². The number of amides is 1. The Balaban J connectivity index is 1.87. The molecule has 3 rings (SSSR count). The fourth-order valence-electron chi connectivity index (χ4n) is 2.41. The molecule has 1 aromatic heterocycles. The van der Waals surface area contributed by atoms with Crippen LogP contribution in [-0.2, 0) is 9.84 Å². The molecule has 0 aliphatic heterocycles. The van der Waals surface area contributed by atoms with E-state index in [1.165, 1.54) is 12.1 Å². The molecule has 3 aromatic rings. The van der Waals surface area contributed by atoms with E-state index in [2.05, 4.69) is 5.32 Å². The van der Waals surface area contributed by atoms with Crippen LogP contribution in [0.1, 0.15) is 10.4 Å². The van der Waals surface area contributed by atoms with Gasteiger partial charge in [0.2, 0.25) is 9.84 Å². The van der Waals surface area contributed by atoms with Gasteiger partial charge in [0.1, 0.15) is 0 Å². The number of aromatic nitrogens is 1. The molecule has 0 saturated heterocycles. The molecule has 1 heterocycles. The van der Waals surface area contributed by atoms with E-state index in [9.17, 15) is 22.0 Å². The van der Waals surface area contributed by atoms with Crippen molar-refractivity contribution in [3.8, 4) is 5.69 Å². The van der Waals surface area contributed by atoms with Crippen molar-refractivity contribution < 1.29 is 22.0 Å². The number of hydrogen-bond donors (Lipinski definition) is 1. The highest BCUT2D eigenvalue weighted by Crippen LogP contribution is 2.25. The van der Waals surface area contributed by atoms with Crippen molar-refractivity contribution in [3.63, 3.8) is 0 Å². The van der Waals surface area contributed by atoms with Gasteiger partial charge in [-0.05, 0) is 54.6 Å². The molecule has 9 heteroatoms. The zero-order valence-corrected chi connectivity index (χ0v) is 15.2. The Kier molecular flexibility index (Phi) is 5.29. The van der Waals surface area contributed by atoms with Crippen LogP contribution >= 0.6 is 11.6 Å². The molecule has 1 amide bonds. The molecule has 0 radical (unpaired) electrons. The second kappa shape index (κ2) is 7.50. The smallest absolute Gasteiger partial charge is 0.322 e. The van der Waals surface area contributed by atoms with Crippen molar-refractivity contribution in [1.29, 1.82) is 0 Å². The summed E-state index contributed by atoms with van der Waals surface area (Å²) in [4.78, 5) is 11.9. The normalized spacial score (nSPS) is 11.6. The Labute approximate surface area is 159 Å². The van der Waals surface area contributed by atoms with Crippen LogP contribution < -0.4 is 5.32 Å². The quantitative estimate of drug-likeness (QED) is 0.678. The van der Waals surface area contributed by atoms with Crippen LogP contribution in [0.15, 0.2) is 71.9 Å². The lowest BCUT2D eigenvalue weighted by Crippen LogP contribution is -2.15. The van der Waals surface area contributed by atoms with Crippen molar-refractivity contribution in [2.24, 2.45) is 0 Å². The minimum atomic E-state index is -4.70. The highest BCUT2D eigenvalue weighted by atomic mass is 35.5. The molecular weight excluding hydrogens is 398 g/mol. The van der Waals surface area contributed by atoms with Gasteiger partial charge in [-0.25, -0.2) is 8.42 Å². The van der Waals surface area contributed by atoms with Gasteiger partial charge in [-0.3, -0.25) is 4.79 Å². The zero-order chi connectivity index (χ0) is 19.6. The Morgan fingerprint density at radius 3 is 2.26 bits per heavy atom. The first-order chi connectivity index (χ1) is 12.8. The molecule has 0 aliphatic rings. The Bertz CT molecular complexity index is 1070. The van der Waals surface area contributed by atoms with Gasteiger partial charge in [-0.1, -0.05) is 11.6 Å². The summed E-state index contributed by atoms with van der Waals surface area (Å²) < 4.78 is 49.8. The number of halogens is 3. The third kappa shape index (κ3) is 4.01. The lowest BCUT2D eigenvalue weighted by molar-refractivity contribution is 0.102. The maximum Gasteiger partial charge on any atom is 0.341 e. The number of nitrogens with one attached hydrogen (secondary N) is 1. The van der Waals surface area contributed by atoms with Crippen molar-refractivity contribution in [1.82, 2.24) is 4.57 Å². The van der Waals surface area contributed by atoms with E-state index in [0.29, 0.717) is 16.4 Å². The van der Waals surface area contributed by atoms with Crippen LogP contribution in [0.2, 0.25) is 5.02 Å². The number of carbonyl (C=O) groups is 1. The van der Waals surface area contributed by atoms with Gasteiger partial charge in [0.05, 0.1) is 16.3 Å². The summed E-state index contributed by atoms with van der Waals surface area (Å²) >= 11 is 6.03. The molecule has 0 atom stereocenters. The first-order valence-electron chi connectivity index (χ1n) is 7.65. The summed E-state index contributed by atoms with van der Waals surface area (Å²) in [7, 11) is -4.70. The van der Waals surface area contributed by atoms with Gasteiger partial charge in [0.25, 0.3) is 5.91 Å². The minimum absolute atomic E-state index is 0.122. The lowest BCUT2D eigenvalue weighted by Gasteiger charge is -2.13. The van der Waals surface area contributed by atoms with Gasteiger partial charge in [0, 0.05) is 23.0 Å². The topological polar surface area (TPSA) is 68.2 Å². The number of alkyl halides is 2. The van der Waals surface area contributed by atoms with Crippen LogP contribution in [0.25, 0.3) is 5.69 Å². The van der Waals surface area contributed by atoms with Crippen molar-refractivity contribution >= 4 is 33.0 Å². The number of anilines is 1. The van der Waals surface area contributed by atoms with E-state index >= 15 is 0 Å². The largest absolute Gasteiger partial charge is 0.341 e. The number of benzene rings is 2. The Morgan fingerprint density at radius 2 is 1.67 bits per heavy atom. The van der Waals surface area contributed by atoms with Gasteiger partial charge >= 0.3 is 5.76 Å². The second-order valence-corrected chi connectivity index (χ2v) is 7.89. The Hall–Kier alpha value is -2.71. The third-order valence-corrected chi connectivity index (χ3v) is 5.40. The minimum Gasteiger partial charge on any atom is -0.322 e. The maximum absolute atomic E-state index is 12.6. The predicted molar refractivity (Wildman–Crippen MR) is 98.4 cm³/mol. The average molecular weight is 411 g/mol. The molecule has 0 aliphatic carbocycles. The van der Waals surface area contributed by atoms with Crippen LogP contribution in [-0.4, -0.2) is 24.6 Å². The molecule has 5 nitrogen and oxygen atoms in total. The molecule has 0 fully saturated rings. The first-order valence-corrected chi connectivity index (χ1v) is 9.58. The summed E-state index contributed by atoms with van der Waals surface area (Å²) in [6.07, 6.45) is 3.57. The standard InChI is InChI=1S/C18H13ClF2N2O3S/c19-13-5-8-15(16(11-13)23-9-1-2-10-23)22-17(24)12-3-6-14(7-4-12)27(25,26)18(20)21/h1-11,18H,(H,22,24). The fourth-order valence-corrected chi connectivity index (χ4v) is 3.30. The highest BCUT2D eigenvalue weighted by molar-refractivity contribution is 7.91. The zero-order valence-electron chi connectivity index (χ0n) is 13.6. The molecule has 0 saturated carbocycles. The lowest BCUT2D eigenvalue weighted by atomic mass is 10.2. The summed E-state index contributed by atoms with van der Waals surface area (Å²) in [6.45, 7) is 0. The summed E-state index contributed by atoms with van der Waals surface area (Å²) in [5, 5.41) is 3.19. The maximum atomic E-state index is 12.6. The van der Waals surface area contributed by atoms with Crippen LogP contribution in [0.3, 0.4) is 0 Å². The van der Waals surface area contributed by atoms with E-state index < -0.39 is 26.4 Å². The number of nitrogens with zero attached hydrogens (tertiary/aromatic N) is 1. The fraction of sp³-hybridized carbons (Fsp3) is 0.0556. The second-order valence-electron chi connectivity index (χ2n) is 5.54. The van der Waals surface area contributed by atoms with Crippen LogP contribution in [0.4, 0.5) is 14.5 Å². The van der Waals surface area contributed by atoms with Gasteiger partial charge in [0.15, 0.2) is 0 Å². The van der Waals surface area contributed by atoms with E-state index in [0.717, 1.165) is 12.1 Å². The van der Waals surface area contributed by atoms with E-state index in [-0.39, 0.29) is 5.56 Å².